The highest BCUT2D eigenvalue weighted by Crippen LogP contribution is 2.44. The Morgan fingerprint density at radius 1 is 1.07 bits per heavy atom. The summed E-state index contributed by atoms with van der Waals surface area (Å²) >= 11 is 0. The smallest absolute Gasteiger partial charge is 0.286 e. The first kappa shape index (κ1) is 20.2. The van der Waals surface area contributed by atoms with Gasteiger partial charge in [-0.15, -0.1) is 0 Å². The van der Waals surface area contributed by atoms with Gasteiger partial charge in [0.15, 0.2) is 5.76 Å². The number of aliphatic hydroxyl groups excluding tert-OH is 1. The van der Waals surface area contributed by atoms with E-state index >= 15 is 0 Å². The molecular formula is C23H37NO4. The molecule has 28 heavy (non-hydrogen) atoms. The van der Waals surface area contributed by atoms with E-state index in [0.29, 0.717) is 36.2 Å². The van der Waals surface area contributed by atoms with Crippen molar-refractivity contribution in [2.24, 2.45) is 23.7 Å². The van der Waals surface area contributed by atoms with Gasteiger partial charge in [-0.1, -0.05) is 25.7 Å². The van der Waals surface area contributed by atoms with Crippen LogP contribution in [0.2, 0.25) is 0 Å². The third-order valence-electron chi connectivity index (χ3n) is 7.48. The standard InChI is InChI=1S/C23H37NO4/c25-10-4-5-11-27-22-15-19(17-6-2-1-3-7-17)14-21(28-22)23(26)24-20-13-16-8-9-18(20)12-16/h14,16-20,22,25H,1-13,15H2,(H,24,26)/t16?,18?,19-,20?,22+/m0/s1. The molecule has 0 spiro atoms. The van der Waals surface area contributed by atoms with Crippen molar-refractivity contribution in [1.29, 1.82) is 0 Å². The summed E-state index contributed by atoms with van der Waals surface area (Å²) in [5, 5.41) is 12.2. The number of hydrogen-bond donors (Lipinski definition) is 2. The highest BCUT2D eigenvalue weighted by Gasteiger charge is 2.41. The molecule has 0 aromatic heterocycles. The van der Waals surface area contributed by atoms with Crippen molar-refractivity contribution >= 4 is 5.91 Å². The molecule has 5 heteroatoms. The Morgan fingerprint density at radius 2 is 1.93 bits per heavy atom. The summed E-state index contributed by atoms with van der Waals surface area (Å²) in [7, 11) is 0. The van der Waals surface area contributed by atoms with E-state index in [9.17, 15) is 4.79 Å². The van der Waals surface area contributed by atoms with Crippen LogP contribution in [0.15, 0.2) is 11.8 Å². The first-order valence-corrected chi connectivity index (χ1v) is 11.6. The minimum Gasteiger partial charge on any atom is -0.459 e. The van der Waals surface area contributed by atoms with Gasteiger partial charge in [0.05, 0.1) is 6.61 Å². The predicted octanol–water partition coefficient (Wildman–Crippen LogP) is 3.91. The topological polar surface area (TPSA) is 67.8 Å². The lowest BCUT2D eigenvalue weighted by molar-refractivity contribution is -0.152. The number of ether oxygens (including phenoxy) is 2. The highest BCUT2D eigenvalue weighted by atomic mass is 16.7. The van der Waals surface area contributed by atoms with Gasteiger partial charge in [-0.2, -0.15) is 0 Å². The molecule has 4 aliphatic rings. The van der Waals surface area contributed by atoms with Crippen molar-refractivity contribution in [3.05, 3.63) is 11.8 Å². The largest absolute Gasteiger partial charge is 0.459 e. The van der Waals surface area contributed by atoms with Crippen molar-refractivity contribution in [3.8, 4) is 0 Å². The second kappa shape index (κ2) is 9.62. The van der Waals surface area contributed by atoms with Crippen LogP contribution in [-0.2, 0) is 14.3 Å². The van der Waals surface area contributed by atoms with Crippen LogP contribution in [0, 0.1) is 23.7 Å². The molecule has 0 aromatic rings. The van der Waals surface area contributed by atoms with Crippen molar-refractivity contribution in [3.63, 3.8) is 0 Å². The molecule has 4 rings (SSSR count). The van der Waals surface area contributed by atoms with Crippen molar-refractivity contribution < 1.29 is 19.4 Å². The number of allylic oxidation sites excluding steroid dienone is 1. The summed E-state index contributed by atoms with van der Waals surface area (Å²) in [6.07, 6.45) is 15.6. The maximum atomic E-state index is 13.0. The number of unbranched alkanes of at least 4 members (excludes halogenated alkanes) is 1. The molecule has 2 N–H and O–H groups in total. The van der Waals surface area contributed by atoms with Crippen LogP contribution in [0.4, 0.5) is 0 Å². The maximum absolute atomic E-state index is 13.0. The van der Waals surface area contributed by atoms with Crippen LogP contribution in [0.25, 0.3) is 0 Å². The lowest BCUT2D eigenvalue weighted by Crippen LogP contribution is -2.42. The average Bonchev–Trinajstić information content (AvgIpc) is 3.35. The number of fused-ring (bicyclic) bond motifs is 2. The van der Waals surface area contributed by atoms with E-state index in [1.807, 2.05) is 0 Å². The van der Waals surface area contributed by atoms with E-state index in [-0.39, 0.29) is 18.8 Å². The summed E-state index contributed by atoms with van der Waals surface area (Å²) in [5.74, 6) is 2.94. The molecule has 3 fully saturated rings. The Balaban J connectivity index is 1.38. The number of hydrogen-bond acceptors (Lipinski definition) is 4. The first-order chi connectivity index (χ1) is 13.7. The van der Waals surface area contributed by atoms with Crippen LogP contribution >= 0.6 is 0 Å². The molecule has 3 unspecified atom stereocenters. The van der Waals surface area contributed by atoms with E-state index in [4.69, 9.17) is 14.6 Å². The summed E-state index contributed by atoms with van der Waals surface area (Å²) < 4.78 is 12.0. The summed E-state index contributed by atoms with van der Waals surface area (Å²) in [6.45, 7) is 0.764. The normalized spacial score (nSPS) is 35.5. The Kier molecular flexibility index (Phi) is 6.94. The molecule has 1 aliphatic heterocycles. The minimum absolute atomic E-state index is 0.0398. The molecule has 1 heterocycles. The zero-order valence-corrected chi connectivity index (χ0v) is 17.1. The fraction of sp³-hybridized carbons (Fsp3) is 0.870. The molecule has 0 aromatic carbocycles. The second-order valence-corrected chi connectivity index (χ2v) is 9.43. The molecular weight excluding hydrogens is 354 g/mol. The third kappa shape index (κ3) is 4.91. The minimum atomic E-state index is -0.337. The van der Waals surface area contributed by atoms with Gasteiger partial charge in [0.1, 0.15) is 0 Å². The number of aliphatic hydroxyl groups is 1. The zero-order chi connectivity index (χ0) is 19.3. The van der Waals surface area contributed by atoms with Crippen LogP contribution < -0.4 is 5.32 Å². The van der Waals surface area contributed by atoms with Gasteiger partial charge in [-0.25, -0.2) is 0 Å². The van der Waals surface area contributed by atoms with Gasteiger partial charge in [-0.05, 0) is 74.7 Å². The second-order valence-electron chi connectivity index (χ2n) is 9.43. The van der Waals surface area contributed by atoms with Crippen molar-refractivity contribution in [2.75, 3.05) is 13.2 Å². The van der Waals surface area contributed by atoms with Crippen molar-refractivity contribution in [2.45, 2.75) is 89.4 Å². The van der Waals surface area contributed by atoms with Gasteiger partial charge >= 0.3 is 0 Å². The Bertz CT molecular complexity index is 557. The van der Waals surface area contributed by atoms with E-state index < -0.39 is 0 Å². The number of nitrogens with one attached hydrogen (secondary N) is 1. The summed E-state index contributed by atoms with van der Waals surface area (Å²) in [4.78, 5) is 13.0. The van der Waals surface area contributed by atoms with Gasteiger partial charge in [0.25, 0.3) is 5.91 Å². The van der Waals surface area contributed by atoms with Gasteiger partial charge < -0.3 is 19.9 Å². The summed E-state index contributed by atoms with van der Waals surface area (Å²) in [6, 6.07) is 0.328. The SMILES string of the molecule is O=C(NC1CC2CCC1C2)C1=C[C@H](C2CCCCC2)C[C@H](OCCCCO)O1. The van der Waals surface area contributed by atoms with E-state index in [1.165, 1.54) is 51.4 Å². The third-order valence-corrected chi connectivity index (χ3v) is 7.48. The molecule has 0 saturated heterocycles. The molecule has 2 bridgehead atoms. The molecule has 0 radical (unpaired) electrons. The Morgan fingerprint density at radius 3 is 2.64 bits per heavy atom. The number of rotatable bonds is 8. The maximum Gasteiger partial charge on any atom is 0.286 e. The number of carbonyl (C=O) groups excluding carboxylic acids is 1. The van der Waals surface area contributed by atoms with Gasteiger partial charge in [0, 0.05) is 19.1 Å². The van der Waals surface area contributed by atoms with Crippen LogP contribution in [0.3, 0.4) is 0 Å². The Hall–Kier alpha value is -1.07. The van der Waals surface area contributed by atoms with E-state index in [1.54, 1.807) is 0 Å². The molecule has 1 amide bonds. The lowest BCUT2D eigenvalue weighted by atomic mass is 9.77. The molecule has 5 atom stereocenters. The lowest BCUT2D eigenvalue weighted by Gasteiger charge is -2.35. The fourth-order valence-corrected chi connectivity index (χ4v) is 5.93. The number of carbonyl (C=O) groups is 1. The Labute approximate surface area is 169 Å². The molecule has 3 saturated carbocycles. The predicted molar refractivity (Wildman–Crippen MR) is 107 cm³/mol. The fourth-order valence-electron chi connectivity index (χ4n) is 5.93. The van der Waals surface area contributed by atoms with Crippen LogP contribution in [-0.4, -0.2) is 36.6 Å². The molecule has 158 valence electrons. The van der Waals surface area contributed by atoms with Gasteiger partial charge in [0.2, 0.25) is 6.29 Å². The quantitative estimate of drug-likeness (QED) is 0.616. The molecule has 5 nitrogen and oxygen atoms in total. The monoisotopic (exact) mass is 391 g/mol. The number of amides is 1. The zero-order valence-electron chi connectivity index (χ0n) is 17.1. The van der Waals surface area contributed by atoms with Crippen LogP contribution in [0.5, 0.6) is 0 Å². The first-order valence-electron chi connectivity index (χ1n) is 11.6. The van der Waals surface area contributed by atoms with Crippen molar-refractivity contribution in [1.82, 2.24) is 5.32 Å². The molecule has 3 aliphatic carbocycles. The van der Waals surface area contributed by atoms with Gasteiger partial charge in [-0.3, -0.25) is 4.79 Å². The van der Waals surface area contributed by atoms with E-state index in [0.717, 1.165) is 31.6 Å². The van der Waals surface area contributed by atoms with Crippen LogP contribution in [0.1, 0.15) is 77.0 Å². The average molecular weight is 392 g/mol. The summed E-state index contributed by atoms with van der Waals surface area (Å²) in [5.41, 5.74) is 0. The highest BCUT2D eigenvalue weighted by molar-refractivity contribution is 5.91. The van der Waals surface area contributed by atoms with E-state index in [2.05, 4.69) is 11.4 Å².